The zero-order valence-electron chi connectivity index (χ0n) is 16.0. The van der Waals surface area contributed by atoms with Crippen LogP contribution in [-0.4, -0.2) is 13.7 Å². The van der Waals surface area contributed by atoms with Gasteiger partial charge in [0.1, 0.15) is 5.75 Å². The molecule has 0 aliphatic heterocycles. The van der Waals surface area contributed by atoms with E-state index in [2.05, 4.69) is 6.92 Å². The van der Waals surface area contributed by atoms with E-state index in [1.807, 2.05) is 13.0 Å². The molecular formula is C18H31NaO3S. The average Bonchev–Trinajstić information content (AvgIpc) is 2.50. The predicted octanol–water partition coefficient (Wildman–Crippen LogP) is 2.43. The number of hydrogen-bond acceptors (Lipinski definition) is 3. The van der Waals surface area contributed by atoms with E-state index in [4.69, 9.17) is 4.18 Å². The SMILES string of the molecule is CCCCCCCCC(CCC)S(=O)(=O)Oc1ccccc1.[H-].[Na+]. The van der Waals surface area contributed by atoms with E-state index in [0.717, 1.165) is 19.3 Å². The Morgan fingerprint density at radius 1 is 0.913 bits per heavy atom. The molecule has 0 amide bonds. The van der Waals surface area contributed by atoms with Gasteiger partial charge >= 0.3 is 39.7 Å². The van der Waals surface area contributed by atoms with E-state index in [9.17, 15) is 8.42 Å². The van der Waals surface area contributed by atoms with Crippen LogP contribution in [0.15, 0.2) is 30.3 Å². The second kappa shape index (κ2) is 13.3. The van der Waals surface area contributed by atoms with Crippen molar-refractivity contribution in [3.8, 4) is 5.75 Å². The summed E-state index contributed by atoms with van der Waals surface area (Å²) in [5.41, 5.74) is 0. The molecule has 0 aliphatic rings. The molecule has 0 aliphatic carbocycles. The van der Waals surface area contributed by atoms with Crippen LogP contribution in [0.5, 0.6) is 5.75 Å². The second-order valence-corrected chi connectivity index (χ2v) is 7.68. The Labute approximate surface area is 166 Å². The minimum atomic E-state index is -3.53. The number of para-hydroxylation sites is 1. The van der Waals surface area contributed by atoms with Gasteiger partial charge in [-0.15, -0.1) is 0 Å². The normalized spacial score (nSPS) is 12.4. The Morgan fingerprint density at radius 2 is 1.52 bits per heavy atom. The first kappa shape index (κ1) is 23.0. The van der Waals surface area contributed by atoms with E-state index >= 15 is 0 Å². The van der Waals surface area contributed by atoms with Crippen molar-refractivity contribution in [3.63, 3.8) is 0 Å². The van der Waals surface area contributed by atoms with Gasteiger partial charge < -0.3 is 5.61 Å². The zero-order chi connectivity index (χ0) is 16.3. The number of hydrogen-bond donors (Lipinski definition) is 0. The molecule has 0 radical (unpaired) electrons. The fourth-order valence-corrected chi connectivity index (χ4v) is 4.08. The molecule has 0 saturated carbocycles. The monoisotopic (exact) mass is 350 g/mol. The first-order valence-electron chi connectivity index (χ1n) is 8.58. The van der Waals surface area contributed by atoms with E-state index in [0.29, 0.717) is 18.6 Å². The van der Waals surface area contributed by atoms with Crippen molar-refractivity contribution in [2.45, 2.75) is 76.9 Å². The average molecular weight is 350 g/mol. The Balaban J connectivity index is 0. The topological polar surface area (TPSA) is 43.4 Å². The van der Waals surface area contributed by atoms with Gasteiger partial charge in [0.25, 0.3) is 0 Å². The van der Waals surface area contributed by atoms with Crippen molar-refractivity contribution in [1.29, 1.82) is 0 Å². The van der Waals surface area contributed by atoms with Gasteiger partial charge in [-0.3, -0.25) is 0 Å². The molecule has 1 aromatic carbocycles. The molecule has 0 spiro atoms. The van der Waals surface area contributed by atoms with E-state index < -0.39 is 10.1 Å². The summed E-state index contributed by atoms with van der Waals surface area (Å²) >= 11 is 0. The Bertz CT molecular complexity index is 494. The van der Waals surface area contributed by atoms with Crippen LogP contribution >= 0.6 is 0 Å². The third kappa shape index (κ3) is 9.75. The molecule has 3 nitrogen and oxygen atoms in total. The van der Waals surface area contributed by atoms with Crippen molar-refractivity contribution in [3.05, 3.63) is 30.3 Å². The summed E-state index contributed by atoms with van der Waals surface area (Å²) in [6.07, 6.45) is 9.27. The van der Waals surface area contributed by atoms with Crippen molar-refractivity contribution < 1.29 is 43.6 Å². The van der Waals surface area contributed by atoms with Gasteiger partial charge in [-0.05, 0) is 25.0 Å². The molecule has 0 aromatic heterocycles. The standard InChI is InChI=1S/C18H30O3S.Na.H/c1-3-5-6-7-8-12-16-18(13-4-2)22(19,20)21-17-14-10-9-11-15-17;;/h9-11,14-15,18H,3-8,12-13,16H2,1-2H3;;/q;+1;-1. The summed E-state index contributed by atoms with van der Waals surface area (Å²) in [6, 6.07) is 8.79. The molecule has 0 saturated heterocycles. The van der Waals surface area contributed by atoms with Crippen LogP contribution in [0.1, 0.15) is 73.1 Å². The van der Waals surface area contributed by atoms with Crippen LogP contribution in [0.2, 0.25) is 0 Å². The maximum Gasteiger partial charge on any atom is 1.00 e. The van der Waals surface area contributed by atoms with Gasteiger partial charge in [-0.25, -0.2) is 0 Å². The molecule has 1 aromatic rings. The Morgan fingerprint density at radius 3 is 2.13 bits per heavy atom. The number of benzene rings is 1. The first-order chi connectivity index (χ1) is 10.6. The fourth-order valence-electron chi connectivity index (χ4n) is 2.59. The third-order valence-electron chi connectivity index (χ3n) is 3.85. The molecule has 128 valence electrons. The van der Waals surface area contributed by atoms with Crippen LogP contribution in [0.3, 0.4) is 0 Å². The molecule has 1 unspecified atom stereocenters. The van der Waals surface area contributed by atoms with Crippen molar-refractivity contribution in [2.75, 3.05) is 0 Å². The molecule has 1 rings (SSSR count). The minimum Gasteiger partial charge on any atom is -1.00 e. The summed E-state index contributed by atoms with van der Waals surface area (Å²) in [4.78, 5) is 0. The Kier molecular flexibility index (Phi) is 13.3. The molecule has 23 heavy (non-hydrogen) atoms. The van der Waals surface area contributed by atoms with Gasteiger partial charge in [-0.1, -0.05) is 77.0 Å². The van der Waals surface area contributed by atoms with Gasteiger partial charge in [0.15, 0.2) is 0 Å². The fraction of sp³-hybridized carbons (Fsp3) is 0.667. The van der Waals surface area contributed by atoms with Crippen molar-refractivity contribution in [1.82, 2.24) is 0 Å². The van der Waals surface area contributed by atoms with Crippen molar-refractivity contribution in [2.24, 2.45) is 0 Å². The largest absolute Gasteiger partial charge is 1.00 e. The molecule has 0 N–H and O–H groups in total. The molecule has 0 fully saturated rings. The van der Waals surface area contributed by atoms with Crippen LogP contribution in [0.4, 0.5) is 0 Å². The summed E-state index contributed by atoms with van der Waals surface area (Å²) in [5.74, 6) is 0.409. The maximum absolute atomic E-state index is 12.4. The van der Waals surface area contributed by atoms with Crippen LogP contribution in [-0.2, 0) is 10.1 Å². The quantitative estimate of drug-likeness (QED) is 0.330. The van der Waals surface area contributed by atoms with Crippen LogP contribution in [0, 0.1) is 0 Å². The van der Waals surface area contributed by atoms with Crippen molar-refractivity contribution >= 4 is 10.1 Å². The van der Waals surface area contributed by atoms with Gasteiger partial charge in [0.2, 0.25) is 0 Å². The van der Waals surface area contributed by atoms with Crippen LogP contribution < -0.4 is 33.7 Å². The molecular weight excluding hydrogens is 319 g/mol. The third-order valence-corrected chi connectivity index (χ3v) is 5.57. The number of unbranched alkanes of at least 4 members (excludes halogenated alkanes) is 5. The number of rotatable bonds is 12. The minimum absolute atomic E-state index is 0. The predicted molar refractivity (Wildman–Crippen MR) is 93.8 cm³/mol. The van der Waals surface area contributed by atoms with Gasteiger partial charge in [0.05, 0.1) is 5.25 Å². The molecule has 1 atom stereocenters. The molecule has 0 heterocycles. The Hall–Kier alpha value is -0.0300. The summed E-state index contributed by atoms with van der Waals surface area (Å²) < 4.78 is 30.2. The van der Waals surface area contributed by atoms with E-state index in [1.54, 1.807) is 24.3 Å². The van der Waals surface area contributed by atoms with Gasteiger partial charge in [-0.2, -0.15) is 8.42 Å². The maximum atomic E-state index is 12.4. The van der Waals surface area contributed by atoms with E-state index in [1.165, 1.54) is 25.7 Å². The van der Waals surface area contributed by atoms with Gasteiger partial charge in [0, 0.05) is 0 Å². The summed E-state index contributed by atoms with van der Waals surface area (Å²) in [7, 11) is -3.53. The van der Waals surface area contributed by atoms with Crippen LogP contribution in [0.25, 0.3) is 0 Å². The van der Waals surface area contributed by atoms with E-state index in [-0.39, 0.29) is 36.2 Å². The first-order valence-corrected chi connectivity index (χ1v) is 10.1. The zero-order valence-corrected chi connectivity index (χ0v) is 17.8. The second-order valence-electron chi connectivity index (χ2n) is 5.86. The molecule has 5 heteroatoms. The molecule has 0 bridgehead atoms. The smallest absolute Gasteiger partial charge is 1.00 e. The summed E-state index contributed by atoms with van der Waals surface area (Å²) in [5, 5.41) is -0.385. The summed E-state index contributed by atoms with van der Waals surface area (Å²) in [6.45, 7) is 4.22.